The summed E-state index contributed by atoms with van der Waals surface area (Å²) in [7, 11) is 1.65. The molecule has 5 heteroatoms. The molecule has 2 nitrogen and oxygen atoms in total. The largest absolute Gasteiger partial charge is 0.486 e. The van der Waals surface area contributed by atoms with Crippen molar-refractivity contribution >= 4 is 43.5 Å². The smallest absolute Gasteiger partial charge is 0.148 e. The summed E-state index contributed by atoms with van der Waals surface area (Å²) in [6.45, 7) is 2.51. The highest BCUT2D eigenvalue weighted by molar-refractivity contribution is 9.11. The van der Waals surface area contributed by atoms with E-state index < -0.39 is 0 Å². The van der Waals surface area contributed by atoms with Crippen molar-refractivity contribution in [3.8, 4) is 5.75 Å². The summed E-state index contributed by atoms with van der Waals surface area (Å²) in [6.07, 6.45) is -0.000508. The number of halogens is 3. The molecule has 0 N–H and O–H groups in total. The molecule has 0 bridgehead atoms. The molecule has 1 unspecified atom stereocenters. The lowest BCUT2D eigenvalue weighted by molar-refractivity contribution is 0.0910. The van der Waals surface area contributed by atoms with Crippen molar-refractivity contribution in [3.05, 3.63) is 26.6 Å². The van der Waals surface area contributed by atoms with Crippen LogP contribution in [-0.4, -0.2) is 19.8 Å². The highest BCUT2D eigenvalue weighted by Gasteiger charge is 2.12. The summed E-state index contributed by atoms with van der Waals surface area (Å²) in [5.74, 6) is 1.25. The molecule has 16 heavy (non-hydrogen) atoms. The molecule has 0 aliphatic heterocycles. The maximum atomic E-state index is 5.78. The van der Waals surface area contributed by atoms with Gasteiger partial charge in [0.25, 0.3) is 0 Å². The van der Waals surface area contributed by atoms with E-state index in [1.54, 1.807) is 7.11 Å². The van der Waals surface area contributed by atoms with E-state index in [0.29, 0.717) is 12.5 Å². The molecule has 0 saturated carbocycles. The van der Waals surface area contributed by atoms with Gasteiger partial charge in [0.1, 0.15) is 11.9 Å². The van der Waals surface area contributed by atoms with E-state index in [9.17, 15) is 0 Å². The van der Waals surface area contributed by atoms with Crippen LogP contribution in [0.5, 0.6) is 5.75 Å². The number of methoxy groups -OCH3 is 1. The van der Waals surface area contributed by atoms with E-state index in [1.165, 1.54) is 0 Å². The van der Waals surface area contributed by atoms with E-state index in [2.05, 4.69) is 31.9 Å². The van der Waals surface area contributed by atoms with Crippen molar-refractivity contribution in [2.75, 3.05) is 13.7 Å². The summed E-state index contributed by atoms with van der Waals surface area (Å²) in [4.78, 5) is 0. The first-order valence-electron chi connectivity index (χ1n) is 4.78. The minimum Gasteiger partial charge on any atom is -0.486 e. The van der Waals surface area contributed by atoms with Crippen LogP contribution in [-0.2, 0) is 10.6 Å². The second-order valence-electron chi connectivity index (χ2n) is 3.41. The van der Waals surface area contributed by atoms with Crippen molar-refractivity contribution in [2.24, 2.45) is 0 Å². The first-order chi connectivity index (χ1) is 7.58. The first-order valence-corrected chi connectivity index (χ1v) is 6.90. The Morgan fingerprint density at radius 1 is 1.31 bits per heavy atom. The Labute approximate surface area is 118 Å². The van der Waals surface area contributed by atoms with Gasteiger partial charge < -0.3 is 9.47 Å². The predicted molar refractivity (Wildman–Crippen MR) is 73.4 cm³/mol. The molecule has 0 heterocycles. The van der Waals surface area contributed by atoms with Gasteiger partial charge in [-0.2, -0.15) is 0 Å². The molecule has 1 rings (SSSR count). The van der Waals surface area contributed by atoms with Gasteiger partial charge in [0.2, 0.25) is 0 Å². The maximum Gasteiger partial charge on any atom is 0.148 e. The lowest BCUT2D eigenvalue weighted by Crippen LogP contribution is -2.18. The third-order valence-corrected chi connectivity index (χ3v) is 3.42. The Hall–Kier alpha value is 0.230. The molecule has 90 valence electrons. The van der Waals surface area contributed by atoms with E-state index in [1.807, 2.05) is 19.1 Å². The topological polar surface area (TPSA) is 18.5 Å². The van der Waals surface area contributed by atoms with Gasteiger partial charge in [0.15, 0.2) is 0 Å². The first kappa shape index (κ1) is 14.3. The quantitative estimate of drug-likeness (QED) is 0.715. The molecule has 0 saturated heterocycles. The van der Waals surface area contributed by atoms with Crippen molar-refractivity contribution < 1.29 is 9.47 Å². The Kier molecular flexibility index (Phi) is 6.11. The van der Waals surface area contributed by atoms with Crippen LogP contribution in [0.1, 0.15) is 12.5 Å². The molecule has 1 atom stereocenters. The fourth-order valence-corrected chi connectivity index (χ4v) is 2.89. The van der Waals surface area contributed by atoms with Crippen molar-refractivity contribution in [1.82, 2.24) is 0 Å². The maximum absolute atomic E-state index is 5.78. The Balaban J connectivity index is 2.87. The minimum atomic E-state index is -0.000508. The molecule has 0 spiro atoms. The van der Waals surface area contributed by atoms with E-state index >= 15 is 0 Å². The van der Waals surface area contributed by atoms with Gasteiger partial charge in [0.05, 0.1) is 15.6 Å². The molecule has 0 amide bonds. The monoisotopic (exact) mass is 370 g/mol. The van der Waals surface area contributed by atoms with Gasteiger partial charge in [-0.1, -0.05) is 0 Å². The van der Waals surface area contributed by atoms with Gasteiger partial charge in [-0.05, 0) is 56.5 Å². The van der Waals surface area contributed by atoms with Gasteiger partial charge in [-0.3, -0.25) is 0 Å². The zero-order chi connectivity index (χ0) is 12.1. The van der Waals surface area contributed by atoms with Crippen molar-refractivity contribution in [3.63, 3.8) is 0 Å². The molecule has 0 aromatic heterocycles. The number of benzene rings is 1. The van der Waals surface area contributed by atoms with Crippen LogP contribution < -0.4 is 4.74 Å². The van der Waals surface area contributed by atoms with E-state index in [0.717, 1.165) is 20.3 Å². The molecular weight excluding hydrogens is 359 g/mol. The number of rotatable bonds is 5. The van der Waals surface area contributed by atoms with Crippen LogP contribution in [0.2, 0.25) is 0 Å². The third kappa shape index (κ3) is 3.91. The fourth-order valence-electron chi connectivity index (χ4n) is 1.27. The highest BCUT2D eigenvalue weighted by atomic mass is 79.9. The van der Waals surface area contributed by atoms with Crippen molar-refractivity contribution in [1.29, 1.82) is 0 Å². The summed E-state index contributed by atoms with van der Waals surface area (Å²) in [5.41, 5.74) is 1.03. The lowest BCUT2D eigenvalue weighted by atomic mass is 10.2. The molecule has 1 aromatic carbocycles. The average molecular weight is 372 g/mol. The summed E-state index contributed by atoms with van der Waals surface area (Å²) >= 11 is 12.7. The molecule has 1 aromatic rings. The average Bonchev–Trinajstić information content (AvgIpc) is 2.23. The van der Waals surface area contributed by atoms with Crippen LogP contribution in [0.4, 0.5) is 0 Å². The normalized spacial score (nSPS) is 12.6. The van der Waals surface area contributed by atoms with Crippen molar-refractivity contribution in [2.45, 2.75) is 18.9 Å². The standard InChI is InChI=1S/C11H13Br2ClO2/c1-7(6-15-2)16-11-9(12)3-8(5-14)4-10(11)13/h3-4,7H,5-6H2,1-2H3. The summed E-state index contributed by atoms with van der Waals surface area (Å²) in [5, 5.41) is 0. The van der Waals surface area contributed by atoms with Gasteiger partial charge in [0, 0.05) is 13.0 Å². The van der Waals surface area contributed by atoms with Gasteiger partial charge >= 0.3 is 0 Å². The SMILES string of the molecule is COCC(C)Oc1c(Br)cc(CCl)cc1Br. The Morgan fingerprint density at radius 2 is 1.88 bits per heavy atom. The third-order valence-electron chi connectivity index (χ3n) is 1.93. The number of hydrogen-bond acceptors (Lipinski definition) is 2. The van der Waals surface area contributed by atoms with E-state index in [4.69, 9.17) is 21.1 Å². The van der Waals surface area contributed by atoms with Crippen LogP contribution in [0.3, 0.4) is 0 Å². The summed E-state index contributed by atoms with van der Waals surface area (Å²) in [6, 6.07) is 3.90. The zero-order valence-corrected chi connectivity index (χ0v) is 13.0. The van der Waals surface area contributed by atoms with E-state index in [-0.39, 0.29) is 6.10 Å². The molecular formula is C11H13Br2ClO2. The highest BCUT2D eigenvalue weighted by Crippen LogP contribution is 2.35. The molecule has 0 fully saturated rings. The van der Waals surface area contributed by atoms with Crippen LogP contribution >= 0.6 is 43.5 Å². The van der Waals surface area contributed by atoms with Crippen LogP contribution in [0.15, 0.2) is 21.1 Å². The molecule has 0 aliphatic carbocycles. The lowest BCUT2D eigenvalue weighted by Gasteiger charge is -2.17. The second kappa shape index (κ2) is 6.84. The number of alkyl halides is 1. The van der Waals surface area contributed by atoms with Crippen LogP contribution in [0.25, 0.3) is 0 Å². The van der Waals surface area contributed by atoms with Gasteiger partial charge in [-0.15, -0.1) is 11.6 Å². The molecule has 0 radical (unpaired) electrons. The Morgan fingerprint density at radius 3 is 2.31 bits per heavy atom. The Bertz CT molecular complexity index is 335. The number of ether oxygens (including phenoxy) is 2. The fraction of sp³-hybridized carbons (Fsp3) is 0.455. The predicted octanol–water partition coefficient (Wildman–Crippen LogP) is 4.36. The van der Waals surface area contributed by atoms with Crippen LogP contribution in [0, 0.1) is 0 Å². The zero-order valence-electron chi connectivity index (χ0n) is 9.10. The second-order valence-corrected chi connectivity index (χ2v) is 5.38. The number of hydrogen-bond donors (Lipinski definition) is 0. The van der Waals surface area contributed by atoms with Gasteiger partial charge in [-0.25, -0.2) is 0 Å². The minimum absolute atomic E-state index is 0.000508. The molecule has 0 aliphatic rings. The summed E-state index contributed by atoms with van der Waals surface area (Å²) < 4.78 is 12.6.